The average Bonchev–Trinajstić information content (AvgIpc) is 3.53. The van der Waals surface area contributed by atoms with E-state index < -0.39 is 14.9 Å². The van der Waals surface area contributed by atoms with E-state index in [1.165, 1.54) is 43.5 Å². The van der Waals surface area contributed by atoms with Gasteiger partial charge in [-0.3, -0.25) is 19.6 Å². The number of amides is 1. The van der Waals surface area contributed by atoms with Crippen molar-refractivity contribution < 1.29 is 22.9 Å². The zero-order valence-corrected chi connectivity index (χ0v) is 16.7. The van der Waals surface area contributed by atoms with Crippen molar-refractivity contribution in [2.45, 2.75) is 30.7 Å². The number of carbonyl (C=O) groups excluding carboxylic acids is 1. The molecule has 1 aliphatic rings. The second kappa shape index (κ2) is 8.08. The van der Waals surface area contributed by atoms with Gasteiger partial charge in [-0.1, -0.05) is 0 Å². The van der Waals surface area contributed by atoms with E-state index in [9.17, 15) is 23.3 Å². The van der Waals surface area contributed by atoms with Gasteiger partial charge in [0.25, 0.3) is 21.6 Å². The van der Waals surface area contributed by atoms with Crippen molar-refractivity contribution in [2.24, 2.45) is 5.92 Å². The molecule has 0 radical (unpaired) electrons. The molecule has 3 rings (SSSR count). The van der Waals surface area contributed by atoms with E-state index >= 15 is 0 Å². The molecule has 2 aromatic carbocycles. The van der Waals surface area contributed by atoms with Gasteiger partial charge in [0.2, 0.25) is 0 Å². The van der Waals surface area contributed by atoms with Gasteiger partial charge in [0, 0.05) is 23.7 Å². The van der Waals surface area contributed by atoms with Crippen molar-refractivity contribution in [3.05, 3.63) is 58.1 Å². The third kappa shape index (κ3) is 4.83. The number of ether oxygens (including phenoxy) is 1. The first-order valence-electron chi connectivity index (χ1n) is 8.97. The smallest absolute Gasteiger partial charge is 0.271 e. The molecule has 154 valence electrons. The molecule has 0 heterocycles. The summed E-state index contributed by atoms with van der Waals surface area (Å²) in [7, 11) is -2.71. The first kappa shape index (κ1) is 20.6. The monoisotopic (exact) mass is 419 g/mol. The van der Waals surface area contributed by atoms with Crippen molar-refractivity contribution >= 4 is 27.3 Å². The summed E-state index contributed by atoms with van der Waals surface area (Å²) >= 11 is 0. The van der Waals surface area contributed by atoms with Gasteiger partial charge in [0.05, 0.1) is 22.6 Å². The Hall–Kier alpha value is -3.14. The van der Waals surface area contributed by atoms with Gasteiger partial charge in [-0.05, 0) is 56.0 Å². The van der Waals surface area contributed by atoms with Crippen molar-refractivity contribution in [2.75, 3.05) is 11.8 Å². The highest BCUT2D eigenvalue weighted by Gasteiger charge is 2.29. The molecule has 2 N–H and O–H groups in total. The third-order valence-electron chi connectivity index (χ3n) is 4.75. The summed E-state index contributed by atoms with van der Waals surface area (Å²) in [4.78, 5) is 22.5. The molecule has 0 unspecified atom stereocenters. The summed E-state index contributed by atoms with van der Waals surface area (Å²) in [5.41, 5.74) is 0.0199. The molecule has 1 saturated carbocycles. The lowest BCUT2D eigenvalue weighted by Gasteiger charge is -2.14. The lowest BCUT2D eigenvalue weighted by atomic mass is 10.1. The van der Waals surface area contributed by atoms with Gasteiger partial charge in [-0.25, -0.2) is 8.42 Å². The quantitative estimate of drug-likeness (QED) is 0.500. The van der Waals surface area contributed by atoms with Gasteiger partial charge >= 0.3 is 0 Å². The average molecular weight is 419 g/mol. The molecule has 1 aliphatic carbocycles. The second-order valence-corrected chi connectivity index (χ2v) is 8.55. The number of benzene rings is 2. The van der Waals surface area contributed by atoms with Gasteiger partial charge in [0.15, 0.2) is 0 Å². The lowest BCUT2D eigenvalue weighted by Crippen LogP contribution is -2.33. The number of carbonyl (C=O) groups is 1. The summed E-state index contributed by atoms with van der Waals surface area (Å²) < 4.78 is 32.7. The Kier molecular flexibility index (Phi) is 5.73. The first-order valence-corrected chi connectivity index (χ1v) is 10.5. The minimum atomic E-state index is -4.04. The number of non-ortho nitro benzene ring substituents is 1. The van der Waals surface area contributed by atoms with Crippen molar-refractivity contribution in [3.8, 4) is 5.75 Å². The Morgan fingerprint density at radius 1 is 1.21 bits per heavy atom. The highest BCUT2D eigenvalue weighted by atomic mass is 32.2. The molecule has 1 atom stereocenters. The van der Waals surface area contributed by atoms with Crippen LogP contribution in [0.3, 0.4) is 0 Å². The second-order valence-electron chi connectivity index (χ2n) is 6.87. The molecule has 29 heavy (non-hydrogen) atoms. The van der Waals surface area contributed by atoms with Gasteiger partial charge in [0.1, 0.15) is 5.75 Å². The number of methoxy groups -OCH3 is 1. The molecule has 9 nitrogen and oxygen atoms in total. The summed E-state index contributed by atoms with van der Waals surface area (Å²) in [6.45, 7) is 1.95. The van der Waals surface area contributed by atoms with E-state index in [1.54, 1.807) is 0 Å². The zero-order valence-electron chi connectivity index (χ0n) is 15.9. The molecule has 2 aromatic rings. The number of nitro benzene ring substituents is 1. The fourth-order valence-corrected chi connectivity index (χ4v) is 3.94. The Morgan fingerprint density at radius 2 is 1.86 bits per heavy atom. The minimum absolute atomic E-state index is 0.0539. The number of hydrogen-bond acceptors (Lipinski definition) is 6. The van der Waals surface area contributed by atoms with Gasteiger partial charge in [-0.2, -0.15) is 0 Å². The van der Waals surface area contributed by atoms with Gasteiger partial charge < -0.3 is 10.1 Å². The maximum absolute atomic E-state index is 12.7. The molecule has 10 heteroatoms. The molecule has 0 saturated heterocycles. The Labute approximate surface area is 168 Å². The minimum Gasteiger partial charge on any atom is -0.495 e. The number of nitrogens with one attached hydrogen (secondary N) is 2. The number of sulfonamides is 1. The Morgan fingerprint density at radius 3 is 2.41 bits per heavy atom. The molecule has 0 aromatic heterocycles. The number of rotatable bonds is 8. The predicted molar refractivity (Wildman–Crippen MR) is 107 cm³/mol. The molecule has 1 amide bonds. The van der Waals surface area contributed by atoms with E-state index in [0.29, 0.717) is 11.5 Å². The van der Waals surface area contributed by atoms with Crippen LogP contribution in [-0.2, 0) is 10.0 Å². The van der Waals surface area contributed by atoms with Crippen LogP contribution in [0.15, 0.2) is 47.4 Å². The summed E-state index contributed by atoms with van der Waals surface area (Å²) in [6, 6.07) is 9.15. The number of nitro groups is 1. The van der Waals surface area contributed by atoms with Crippen LogP contribution in [0.1, 0.15) is 30.1 Å². The summed E-state index contributed by atoms with van der Waals surface area (Å²) in [5, 5.41) is 13.9. The van der Waals surface area contributed by atoms with Crippen LogP contribution in [0.2, 0.25) is 0 Å². The Balaban J connectivity index is 1.78. The fourth-order valence-electron chi connectivity index (χ4n) is 2.88. The maximum Gasteiger partial charge on any atom is 0.271 e. The molecule has 0 aliphatic heterocycles. The SMILES string of the molecule is COc1ccc([N+](=O)[O-])cc1NS(=O)(=O)c1ccc(C(=O)N[C@H](C)C2CC2)cc1. The largest absolute Gasteiger partial charge is 0.495 e. The van der Waals surface area contributed by atoms with E-state index in [-0.39, 0.29) is 34.0 Å². The molecule has 1 fully saturated rings. The van der Waals surface area contributed by atoms with Crippen LogP contribution in [0.5, 0.6) is 5.75 Å². The summed E-state index contributed by atoms with van der Waals surface area (Å²) in [5.74, 6) is 0.388. The first-order chi connectivity index (χ1) is 13.7. The topological polar surface area (TPSA) is 128 Å². The van der Waals surface area contributed by atoms with Crippen LogP contribution >= 0.6 is 0 Å². The highest BCUT2D eigenvalue weighted by Crippen LogP contribution is 2.33. The maximum atomic E-state index is 12.7. The Bertz CT molecular complexity index is 1030. The van der Waals surface area contributed by atoms with E-state index in [2.05, 4.69) is 10.0 Å². The normalized spacial score (nSPS) is 14.7. The molecular weight excluding hydrogens is 398 g/mol. The van der Waals surface area contributed by atoms with Gasteiger partial charge in [-0.15, -0.1) is 0 Å². The summed E-state index contributed by atoms with van der Waals surface area (Å²) in [6.07, 6.45) is 2.21. The van der Waals surface area contributed by atoms with E-state index in [0.717, 1.165) is 18.9 Å². The number of nitrogens with zero attached hydrogens (tertiary/aromatic N) is 1. The predicted octanol–water partition coefficient (Wildman–Crippen LogP) is 2.93. The number of anilines is 1. The standard InChI is InChI=1S/C19H21N3O6S/c1-12(13-3-4-13)20-19(23)14-5-8-16(9-6-14)29(26,27)21-17-11-15(22(24)25)7-10-18(17)28-2/h5-13,21H,3-4H2,1-2H3,(H,20,23)/t12-/m1/s1. The van der Waals surface area contributed by atoms with E-state index in [1.807, 2.05) is 6.92 Å². The molecule has 0 spiro atoms. The lowest BCUT2D eigenvalue weighted by molar-refractivity contribution is -0.384. The fraction of sp³-hybridized carbons (Fsp3) is 0.316. The van der Waals surface area contributed by atoms with Crippen LogP contribution in [-0.4, -0.2) is 32.4 Å². The molecular formula is C19H21N3O6S. The van der Waals surface area contributed by atoms with E-state index in [4.69, 9.17) is 4.74 Å². The highest BCUT2D eigenvalue weighted by molar-refractivity contribution is 7.92. The van der Waals surface area contributed by atoms with Crippen LogP contribution in [0, 0.1) is 16.0 Å². The van der Waals surface area contributed by atoms with Crippen LogP contribution < -0.4 is 14.8 Å². The molecule has 0 bridgehead atoms. The van der Waals surface area contributed by atoms with Crippen LogP contribution in [0.25, 0.3) is 0 Å². The zero-order chi connectivity index (χ0) is 21.2. The van der Waals surface area contributed by atoms with Crippen molar-refractivity contribution in [1.82, 2.24) is 5.32 Å². The van der Waals surface area contributed by atoms with Crippen LogP contribution in [0.4, 0.5) is 11.4 Å². The van der Waals surface area contributed by atoms with Crippen molar-refractivity contribution in [1.29, 1.82) is 0 Å². The third-order valence-corrected chi connectivity index (χ3v) is 6.13. The van der Waals surface area contributed by atoms with Crippen molar-refractivity contribution in [3.63, 3.8) is 0 Å². The number of hydrogen-bond donors (Lipinski definition) is 2.